The normalized spacial score (nSPS) is 11.3. The topological polar surface area (TPSA) is 144 Å². The molecular weight excluding hydrogens is 384 g/mol. The van der Waals surface area contributed by atoms with Gasteiger partial charge in [-0.05, 0) is 18.6 Å². The van der Waals surface area contributed by atoms with Gasteiger partial charge in [0.05, 0.1) is 17.4 Å². The second-order valence-electron chi connectivity index (χ2n) is 6.47. The van der Waals surface area contributed by atoms with Crippen LogP contribution in [-0.2, 0) is 16.0 Å². The van der Waals surface area contributed by atoms with Crippen LogP contribution >= 0.6 is 0 Å². The van der Waals surface area contributed by atoms with Gasteiger partial charge in [-0.15, -0.1) is 0 Å². The molecule has 9 heteroatoms. The van der Waals surface area contributed by atoms with Crippen LogP contribution in [0.25, 0.3) is 5.69 Å². The number of carbonyl (C=O) groups is 3. The van der Waals surface area contributed by atoms with Crippen LogP contribution in [0.2, 0.25) is 0 Å². The molecule has 0 aliphatic heterocycles. The fraction of sp³-hybridized carbons (Fsp3) is 0.143. The van der Waals surface area contributed by atoms with Gasteiger partial charge in [0.15, 0.2) is 0 Å². The molecule has 2 heterocycles. The van der Waals surface area contributed by atoms with Crippen molar-refractivity contribution in [1.29, 1.82) is 5.26 Å². The van der Waals surface area contributed by atoms with Gasteiger partial charge in [-0.25, -0.2) is 4.98 Å². The van der Waals surface area contributed by atoms with Gasteiger partial charge in [0, 0.05) is 18.8 Å². The van der Waals surface area contributed by atoms with Gasteiger partial charge in [0.1, 0.15) is 23.6 Å². The van der Waals surface area contributed by atoms with Crippen LogP contribution in [0.4, 0.5) is 0 Å². The van der Waals surface area contributed by atoms with Gasteiger partial charge in [-0.1, -0.05) is 30.3 Å². The highest BCUT2D eigenvalue weighted by Gasteiger charge is 2.27. The maximum atomic E-state index is 13.0. The van der Waals surface area contributed by atoms with Crippen molar-refractivity contribution in [1.82, 2.24) is 19.9 Å². The molecular formula is C21H18N6O3. The minimum absolute atomic E-state index is 0.0974. The summed E-state index contributed by atoms with van der Waals surface area (Å²) in [5.74, 6) is -2.21. The number of Topliss-reactive ketones (excluding diaryl/α,β-unsaturated/α-hetero) is 1. The summed E-state index contributed by atoms with van der Waals surface area (Å²) in [6, 6.07) is 11.4. The van der Waals surface area contributed by atoms with E-state index in [0.717, 1.165) is 5.56 Å². The van der Waals surface area contributed by atoms with Crippen LogP contribution < -0.4 is 11.1 Å². The van der Waals surface area contributed by atoms with E-state index in [9.17, 15) is 19.6 Å². The summed E-state index contributed by atoms with van der Waals surface area (Å²) in [5, 5.41) is 11.9. The molecule has 0 aliphatic carbocycles. The Balaban J connectivity index is 1.95. The smallest absolute Gasteiger partial charge is 0.287 e. The first-order chi connectivity index (χ1) is 14.4. The highest BCUT2D eigenvalue weighted by molar-refractivity contribution is 6.38. The number of hydrogen-bond acceptors (Lipinski definition) is 6. The van der Waals surface area contributed by atoms with Crippen molar-refractivity contribution >= 4 is 17.6 Å². The Labute approximate surface area is 172 Å². The van der Waals surface area contributed by atoms with Crippen LogP contribution in [0.5, 0.6) is 0 Å². The number of nitriles is 1. The molecule has 0 aliphatic rings. The molecule has 0 radical (unpaired) electrons. The Kier molecular flexibility index (Phi) is 5.98. The lowest BCUT2D eigenvalue weighted by molar-refractivity contribution is -0.137. The molecule has 3 aromatic rings. The van der Waals surface area contributed by atoms with Crippen LogP contribution in [0.1, 0.15) is 27.4 Å². The number of aromatic nitrogens is 3. The third-order valence-electron chi connectivity index (χ3n) is 4.48. The summed E-state index contributed by atoms with van der Waals surface area (Å²) >= 11 is 0. The molecule has 1 aromatic carbocycles. The summed E-state index contributed by atoms with van der Waals surface area (Å²) < 4.78 is 1.49. The molecule has 1 atom stereocenters. The van der Waals surface area contributed by atoms with E-state index >= 15 is 0 Å². The van der Waals surface area contributed by atoms with Crippen molar-refractivity contribution in [3.05, 3.63) is 77.6 Å². The maximum absolute atomic E-state index is 13.0. The first-order valence-corrected chi connectivity index (χ1v) is 8.99. The third-order valence-corrected chi connectivity index (χ3v) is 4.48. The van der Waals surface area contributed by atoms with E-state index in [4.69, 9.17) is 5.73 Å². The number of amides is 2. The van der Waals surface area contributed by atoms with Crippen molar-refractivity contribution in [3.8, 4) is 11.8 Å². The molecule has 0 spiro atoms. The van der Waals surface area contributed by atoms with Crippen molar-refractivity contribution in [2.45, 2.75) is 19.4 Å². The van der Waals surface area contributed by atoms with Crippen LogP contribution in [-0.4, -0.2) is 38.2 Å². The zero-order valence-corrected chi connectivity index (χ0v) is 16.1. The predicted molar refractivity (Wildman–Crippen MR) is 106 cm³/mol. The average molecular weight is 402 g/mol. The Bertz CT molecular complexity index is 1150. The number of hydrogen-bond donors (Lipinski definition) is 2. The largest absolute Gasteiger partial charge is 0.363 e. The number of imidazole rings is 1. The quantitative estimate of drug-likeness (QED) is 0.561. The van der Waals surface area contributed by atoms with Crippen molar-refractivity contribution in [2.24, 2.45) is 5.73 Å². The summed E-state index contributed by atoms with van der Waals surface area (Å²) in [7, 11) is 0. The first kappa shape index (κ1) is 20.4. The van der Waals surface area contributed by atoms with Crippen LogP contribution in [0.15, 0.2) is 55.0 Å². The maximum Gasteiger partial charge on any atom is 0.287 e. The lowest BCUT2D eigenvalue weighted by Crippen LogP contribution is -2.47. The number of primary amides is 1. The molecule has 3 rings (SSSR count). The van der Waals surface area contributed by atoms with E-state index in [-0.39, 0.29) is 17.7 Å². The number of benzene rings is 1. The number of pyridine rings is 1. The van der Waals surface area contributed by atoms with Crippen molar-refractivity contribution in [3.63, 3.8) is 0 Å². The fourth-order valence-corrected chi connectivity index (χ4v) is 3.04. The van der Waals surface area contributed by atoms with Gasteiger partial charge < -0.3 is 11.1 Å². The molecule has 30 heavy (non-hydrogen) atoms. The lowest BCUT2D eigenvalue weighted by atomic mass is 10.0. The summed E-state index contributed by atoms with van der Waals surface area (Å²) in [5.41, 5.74) is 6.70. The second kappa shape index (κ2) is 8.79. The van der Waals surface area contributed by atoms with E-state index in [2.05, 4.69) is 15.3 Å². The highest BCUT2D eigenvalue weighted by atomic mass is 16.2. The van der Waals surface area contributed by atoms with E-state index in [1.54, 1.807) is 37.3 Å². The van der Waals surface area contributed by atoms with Gasteiger partial charge in [-0.3, -0.25) is 23.9 Å². The minimum Gasteiger partial charge on any atom is -0.363 e. The third kappa shape index (κ3) is 4.23. The standard InChI is InChI=1S/C21H18N6O3/c1-13-25-12-18(27(13)17-7-8-24-11-15(17)10-22)21(30)26-16(19(28)20(23)29)9-14-5-3-2-4-6-14/h2-8,11-12,16H,9H2,1H3,(H2,23,29)(H,26,30). The Morgan fingerprint density at radius 3 is 2.60 bits per heavy atom. The number of rotatable bonds is 7. The van der Waals surface area contributed by atoms with Gasteiger partial charge in [0.2, 0.25) is 5.78 Å². The molecule has 2 aromatic heterocycles. The molecule has 150 valence electrons. The molecule has 3 N–H and O–H groups in total. The number of nitrogens with one attached hydrogen (secondary N) is 1. The molecule has 9 nitrogen and oxygen atoms in total. The fourth-order valence-electron chi connectivity index (χ4n) is 3.04. The molecule has 2 amide bonds. The zero-order valence-electron chi connectivity index (χ0n) is 16.1. The van der Waals surface area contributed by atoms with Gasteiger partial charge >= 0.3 is 0 Å². The van der Waals surface area contributed by atoms with Crippen molar-refractivity contribution in [2.75, 3.05) is 0 Å². The Morgan fingerprint density at radius 1 is 1.20 bits per heavy atom. The summed E-state index contributed by atoms with van der Waals surface area (Å²) in [6.45, 7) is 1.67. The van der Waals surface area contributed by atoms with Crippen LogP contribution in [0, 0.1) is 18.3 Å². The number of ketones is 1. The highest BCUT2D eigenvalue weighted by Crippen LogP contribution is 2.18. The minimum atomic E-state index is -1.14. The summed E-state index contributed by atoms with van der Waals surface area (Å²) in [6.07, 6.45) is 4.30. The van der Waals surface area contributed by atoms with Gasteiger partial charge in [-0.2, -0.15) is 5.26 Å². The number of nitrogens with two attached hydrogens (primary N) is 1. The molecule has 1 unspecified atom stereocenters. The number of nitrogens with zero attached hydrogens (tertiary/aromatic N) is 4. The van der Waals surface area contributed by atoms with E-state index in [1.165, 1.54) is 23.2 Å². The second-order valence-corrected chi connectivity index (χ2v) is 6.47. The average Bonchev–Trinajstić information content (AvgIpc) is 3.14. The van der Waals surface area contributed by atoms with E-state index in [1.807, 2.05) is 12.1 Å². The molecule has 0 fully saturated rings. The zero-order chi connectivity index (χ0) is 21.7. The first-order valence-electron chi connectivity index (χ1n) is 8.99. The van der Waals surface area contributed by atoms with E-state index < -0.39 is 23.6 Å². The number of aryl methyl sites for hydroxylation is 1. The van der Waals surface area contributed by atoms with Crippen LogP contribution in [0.3, 0.4) is 0 Å². The summed E-state index contributed by atoms with van der Waals surface area (Å²) in [4.78, 5) is 44.9. The van der Waals surface area contributed by atoms with E-state index in [0.29, 0.717) is 11.5 Å². The number of carbonyl (C=O) groups excluding carboxylic acids is 3. The van der Waals surface area contributed by atoms with Crippen molar-refractivity contribution < 1.29 is 14.4 Å². The molecule has 0 bridgehead atoms. The monoisotopic (exact) mass is 402 g/mol. The Hall–Kier alpha value is -4.32. The van der Waals surface area contributed by atoms with Gasteiger partial charge in [0.25, 0.3) is 11.8 Å². The Morgan fingerprint density at radius 2 is 1.93 bits per heavy atom. The SMILES string of the molecule is Cc1ncc(C(=O)NC(Cc2ccccc2)C(=O)C(N)=O)n1-c1ccncc1C#N. The predicted octanol–water partition coefficient (Wildman–Crippen LogP) is 0.843. The lowest BCUT2D eigenvalue weighted by Gasteiger charge is -2.17. The molecule has 0 saturated heterocycles. The molecule has 0 saturated carbocycles.